The van der Waals surface area contributed by atoms with Gasteiger partial charge in [0.2, 0.25) is 5.91 Å². The van der Waals surface area contributed by atoms with Crippen LogP contribution in [0.1, 0.15) is 42.9 Å². The van der Waals surface area contributed by atoms with E-state index in [0.717, 1.165) is 33.3 Å². The standard InChI is InChI=1S/C29H31N3O4/c1-20(2)17-30-29(33)16-26(22-10-12-23(13-11-22)32(34)35)27-19-31(28-7-5-4-6-25(27)28)18-21-8-14-24(36-3)15-9-21/h4-15,19-20,26H,16-18H2,1-3H3,(H,30,33). The first-order valence-corrected chi connectivity index (χ1v) is 12.1. The lowest BCUT2D eigenvalue weighted by Gasteiger charge is -2.18. The first-order valence-electron chi connectivity index (χ1n) is 12.1. The number of nitrogens with one attached hydrogen (secondary N) is 1. The number of benzene rings is 3. The van der Waals surface area contributed by atoms with Crippen molar-refractivity contribution in [2.45, 2.75) is 32.7 Å². The molecule has 4 rings (SSSR count). The summed E-state index contributed by atoms with van der Waals surface area (Å²) < 4.78 is 7.47. The van der Waals surface area contributed by atoms with Gasteiger partial charge < -0.3 is 14.6 Å². The molecule has 7 heteroatoms. The van der Waals surface area contributed by atoms with Crippen LogP contribution in [0, 0.1) is 16.0 Å². The van der Waals surface area contributed by atoms with Crippen LogP contribution < -0.4 is 10.1 Å². The van der Waals surface area contributed by atoms with Crippen LogP contribution in [0.3, 0.4) is 0 Å². The highest BCUT2D eigenvalue weighted by atomic mass is 16.6. The predicted octanol–water partition coefficient (Wildman–Crippen LogP) is 5.90. The minimum absolute atomic E-state index is 0.0312. The van der Waals surface area contributed by atoms with E-state index in [4.69, 9.17) is 4.74 Å². The average Bonchev–Trinajstić information content (AvgIpc) is 3.24. The number of ether oxygens (including phenoxy) is 1. The second-order valence-electron chi connectivity index (χ2n) is 9.38. The molecule has 1 atom stereocenters. The van der Waals surface area contributed by atoms with Crippen molar-refractivity contribution in [1.82, 2.24) is 9.88 Å². The Balaban J connectivity index is 1.74. The Bertz CT molecular complexity index is 1340. The third-order valence-corrected chi connectivity index (χ3v) is 6.31. The van der Waals surface area contributed by atoms with Crippen molar-refractivity contribution in [3.05, 3.63) is 106 Å². The van der Waals surface area contributed by atoms with Gasteiger partial charge in [-0.05, 0) is 40.8 Å². The van der Waals surface area contributed by atoms with E-state index in [1.54, 1.807) is 19.2 Å². The maximum absolute atomic E-state index is 12.9. The molecule has 186 valence electrons. The number of nitro benzene ring substituents is 1. The number of hydrogen-bond acceptors (Lipinski definition) is 4. The van der Waals surface area contributed by atoms with Crippen LogP contribution in [0.25, 0.3) is 10.9 Å². The maximum atomic E-state index is 12.9. The molecule has 0 saturated carbocycles. The largest absolute Gasteiger partial charge is 0.497 e. The molecule has 1 amide bonds. The summed E-state index contributed by atoms with van der Waals surface area (Å²) in [5.41, 5.74) is 4.12. The Morgan fingerprint density at radius 1 is 1.03 bits per heavy atom. The molecule has 0 spiro atoms. The summed E-state index contributed by atoms with van der Waals surface area (Å²) in [5, 5.41) is 15.3. The Labute approximate surface area is 210 Å². The average molecular weight is 486 g/mol. The number of fused-ring (bicyclic) bond motifs is 1. The van der Waals surface area contributed by atoms with Gasteiger partial charge in [0, 0.05) is 54.7 Å². The molecule has 0 aliphatic heterocycles. The lowest BCUT2D eigenvalue weighted by atomic mass is 9.88. The molecule has 4 aromatic rings. The molecule has 36 heavy (non-hydrogen) atoms. The number of methoxy groups -OCH3 is 1. The molecule has 0 fully saturated rings. The maximum Gasteiger partial charge on any atom is 0.269 e. The number of carbonyl (C=O) groups is 1. The number of nitro groups is 1. The quantitative estimate of drug-likeness (QED) is 0.224. The van der Waals surface area contributed by atoms with Crippen molar-refractivity contribution in [1.29, 1.82) is 0 Å². The predicted molar refractivity (Wildman–Crippen MR) is 141 cm³/mol. The molecule has 0 saturated heterocycles. The Morgan fingerprint density at radius 2 is 1.72 bits per heavy atom. The van der Waals surface area contributed by atoms with E-state index >= 15 is 0 Å². The SMILES string of the molecule is COc1ccc(Cn2cc(C(CC(=O)NCC(C)C)c3ccc([N+](=O)[O-])cc3)c3ccccc32)cc1. The fourth-order valence-corrected chi connectivity index (χ4v) is 4.42. The number of nitrogens with zero attached hydrogens (tertiary/aromatic N) is 2. The Kier molecular flexibility index (Phi) is 7.68. The van der Waals surface area contributed by atoms with Gasteiger partial charge in [0.25, 0.3) is 5.69 Å². The molecule has 0 aliphatic carbocycles. The van der Waals surface area contributed by atoms with Crippen molar-refractivity contribution < 1.29 is 14.5 Å². The smallest absolute Gasteiger partial charge is 0.269 e. The number of non-ortho nitro benzene ring substituents is 1. The molecular formula is C29H31N3O4. The zero-order chi connectivity index (χ0) is 25.7. The fourth-order valence-electron chi connectivity index (χ4n) is 4.42. The minimum atomic E-state index is -0.408. The number of aromatic nitrogens is 1. The second-order valence-corrected chi connectivity index (χ2v) is 9.38. The van der Waals surface area contributed by atoms with Gasteiger partial charge in [0.05, 0.1) is 12.0 Å². The first kappa shape index (κ1) is 25.0. The first-order chi connectivity index (χ1) is 17.4. The number of carbonyl (C=O) groups excluding carboxylic acids is 1. The third kappa shape index (κ3) is 5.74. The lowest BCUT2D eigenvalue weighted by molar-refractivity contribution is -0.384. The molecule has 1 unspecified atom stereocenters. The van der Waals surface area contributed by atoms with E-state index in [1.165, 1.54) is 12.1 Å². The summed E-state index contributed by atoms with van der Waals surface area (Å²) in [5.74, 6) is 0.861. The summed E-state index contributed by atoms with van der Waals surface area (Å²) in [6, 6.07) is 22.6. The van der Waals surface area contributed by atoms with E-state index in [2.05, 4.69) is 42.1 Å². The van der Waals surface area contributed by atoms with Crippen LogP contribution in [-0.4, -0.2) is 29.1 Å². The van der Waals surface area contributed by atoms with Crippen LogP contribution in [0.2, 0.25) is 0 Å². The van der Waals surface area contributed by atoms with Gasteiger partial charge >= 0.3 is 0 Å². The topological polar surface area (TPSA) is 86.4 Å². The molecule has 0 aliphatic rings. The normalized spacial score (nSPS) is 12.0. The molecular weight excluding hydrogens is 454 g/mol. The van der Waals surface area contributed by atoms with Crippen LogP contribution in [0.5, 0.6) is 5.75 Å². The van der Waals surface area contributed by atoms with Gasteiger partial charge in [-0.1, -0.05) is 56.3 Å². The zero-order valence-electron chi connectivity index (χ0n) is 20.8. The van der Waals surface area contributed by atoms with E-state index in [1.807, 2.05) is 36.4 Å². The van der Waals surface area contributed by atoms with Gasteiger partial charge in [0.15, 0.2) is 0 Å². The molecule has 3 aromatic carbocycles. The van der Waals surface area contributed by atoms with Crippen molar-refractivity contribution in [3.8, 4) is 5.75 Å². The van der Waals surface area contributed by atoms with Crippen molar-refractivity contribution in [2.24, 2.45) is 5.92 Å². The van der Waals surface area contributed by atoms with Gasteiger partial charge in [0.1, 0.15) is 5.75 Å². The molecule has 0 bridgehead atoms. The summed E-state index contributed by atoms with van der Waals surface area (Å²) in [6.07, 6.45) is 2.36. The van der Waals surface area contributed by atoms with E-state index < -0.39 is 4.92 Å². The number of hydrogen-bond donors (Lipinski definition) is 1. The highest BCUT2D eigenvalue weighted by Gasteiger charge is 2.23. The van der Waals surface area contributed by atoms with Crippen LogP contribution >= 0.6 is 0 Å². The van der Waals surface area contributed by atoms with E-state index in [-0.39, 0.29) is 23.9 Å². The molecule has 1 heterocycles. The van der Waals surface area contributed by atoms with Gasteiger partial charge in [-0.3, -0.25) is 14.9 Å². The van der Waals surface area contributed by atoms with E-state index in [9.17, 15) is 14.9 Å². The monoisotopic (exact) mass is 485 g/mol. The van der Waals surface area contributed by atoms with Gasteiger partial charge in [-0.15, -0.1) is 0 Å². The lowest BCUT2D eigenvalue weighted by Crippen LogP contribution is -2.28. The second kappa shape index (κ2) is 11.1. The minimum Gasteiger partial charge on any atom is -0.497 e. The van der Waals surface area contributed by atoms with Gasteiger partial charge in [-0.2, -0.15) is 0 Å². The molecule has 1 N–H and O–H groups in total. The Hall–Kier alpha value is -4.13. The zero-order valence-corrected chi connectivity index (χ0v) is 20.8. The number of para-hydroxylation sites is 1. The highest BCUT2D eigenvalue weighted by molar-refractivity contribution is 5.86. The van der Waals surface area contributed by atoms with E-state index in [0.29, 0.717) is 19.0 Å². The molecule has 0 radical (unpaired) electrons. The number of amides is 1. The van der Waals surface area contributed by atoms with Crippen LogP contribution in [0.15, 0.2) is 79.0 Å². The highest BCUT2D eigenvalue weighted by Crippen LogP contribution is 2.36. The summed E-state index contributed by atoms with van der Waals surface area (Å²) >= 11 is 0. The third-order valence-electron chi connectivity index (χ3n) is 6.31. The number of rotatable bonds is 10. The summed E-state index contributed by atoms with van der Waals surface area (Å²) in [7, 11) is 1.65. The summed E-state index contributed by atoms with van der Waals surface area (Å²) in [6.45, 7) is 5.38. The Morgan fingerprint density at radius 3 is 2.36 bits per heavy atom. The molecule has 1 aromatic heterocycles. The van der Waals surface area contributed by atoms with Crippen LogP contribution in [0.4, 0.5) is 5.69 Å². The van der Waals surface area contributed by atoms with Crippen molar-refractivity contribution in [3.63, 3.8) is 0 Å². The van der Waals surface area contributed by atoms with Gasteiger partial charge in [-0.25, -0.2) is 0 Å². The molecule has 7 nitrogen and oxygen atoms in total. The van der Waals surface area contributed by atoms with Crippen molar-refractivity contribution in [2.75, 3.05) is 13.7 Å². The fraction of sp³-hybridized carbons (Fsp3) is 0.276. The van der Waals surface area contributed by atoms with Crippen molar-refractivity contribution >= 4 is 22.5 Å². The summed E-state index contributed by atoms with van der Waals surface area (Å²) in [4.78, 5) is 23.7. The van der Waals surface area contributed by atoms with Crippen LogP contribution in [-0.2, 0) is 11.3 Å².